The number of rotatable bonds is 1. The molecule has 0 unspecified atom stereocenters. The Morgan fingerprint density at radius 1 is 1.05 bits per heavy atom. The molecule has 1 spiro atoms. The number of hydrogen-bond acceptors (Lipinski definition) is 2. The minimum Gasteiger partial charge on any atom is -0.396 e. The zero-order valence-corrected chi connectivity index (χ0v) is 12.9. The Morgan fingerprint density at radius 3 is 2.70 bits per heavy atom. The second-order valence-corrected chi connectivity index (χ2v) is 8.71. The Labute approximate surface area is 123 Å². The fourth-order valence-corrected chi connectivity index (χ4v) is 7.31. The predicted octanol–water partition coefficient (Wildman–Crippen LogP) is 3.36. The van der Waals surface area contributed by atoms with Crippen LogP contribution >= 0.6 is 0 Å². The van der Waals surface area contributed by atoms with E-state index < -0.39 is 0 Å². The lowest BCUT2D eigenvalue weighted by molar-refractivity contribution is -0.143. The molecular weight excluding hydrogens is 248 g/mol. The largest absolute Gasteiger partial charge is 0.396 e. The molecule has 4 fully saturated rings. The third kappa shape index (κ3) is 1.64. The third-order valence-electron chi connectivity index (χ3n) is 8.08. The fourth-order valence-electron chi connectivity index (χ4n) is 7.31. The average Bonchev–Trinajstić information content (AvgIpc) is 2.69. The van der Waals surface area contributed by atoms with E-state index in [9.17, 15) is 10.2 Å². The molecule has 114 valence electrons. The summed E-state index contributed by atoms with van der Waals surface area (Å²) in [7, 11) is 0. The molecule has 4 aliphatic rings. The molecule has 2 nitrogen and oxygen atoms in total. The van der Waals surface area contributed by atoms with Gasteiger partial charge in [-0.05, 0) is 85.9 Å². The normalized spacial score (nSPS) is 58.0. The van der Waals surface area contributed by atoms with Crippen LogP contribution in [-0.2, 0) is 0 Å². The van der Waals surface area contributed by atoms with Crippen molar-refractivity contribution in [3.8, 4) is 0 Å². The summed E-state index contributed by atoms with van der Waals surface area (Å²) in [6.07, 6.45) is 11.4. The van der Waals surface area contributed by atoms with E-state index in [1.54, 1.807) is 0 Å². The number of aliphatic hydroxyl groups is 2. The van der Waals surface area contributed by atoms with Gasteiger partial charge in [0.2, 0.25) is 0 Å². The summed E-state index contributed by atoms with van der Waals surface area (Å²) >= 11 is 0. The second kappa shape index (κ2) is 4.46. The Bertz CT molecular complexity index is 395. The molecule has 0 aliphatic heterocycles. The van der Waals surface area contributed by atoms with Gasteiger partial charge in [-0.1, -0.05) is 13.3 Å². The smallest absolute Gasteiger partial charge is 0.0573 e. The molecular formula is C18H30O2. The zero-order valence-electron chi connectivity index (χ0n) is 12.9. The molecule has 0 aromatic heterocycles. The van der Waals surface area contributed by atoms with Gasteiger partial charge in [-0.25, -0.2) is 0 Å². The Kier molecular flexibility index (Phi) is 3.03. The minimum atomic E-state index is -0.0427. The first-order valence-corrected chi connectivity index (χ1v) is 8.88. The highest BCUT2D eigenvalue weighted by atomic mass is 16.3. The molecule has 20 heavy (non-hydrogen) atoms. The molecule has 2 bridgehead atoms. The number of aliphatic hydroxyl groups excluding tert-OH is 2. The van der Waals surface area contributed by atoms with Crippen molar-refractivity contribution in [1.29, 1.82) is 0 Å². The van der Waals surface area contributed by atoms with Gasteiger partial charge >= 0.3 is 0 Å². The summed E-state index contributed by atoms with van der Waals surface area (Å²) in [5, 5.41) is 20.2. The van der Waals surface area contributed by atoms with Crippen molar-refractivity contribution >= 4 is 0 Å². The van der Waals surface area contributed by atoms with Gasteiger partial charge in [0.15, 0.2) is 0 Å². The van der Waals surface area contributed by atoms with E-state index in [0.717, 1.165) is 18.3 Å². The van der Waals surface area contributed by atoms with E-state index >= 15 is 0 Å². The van der Waals surface area contributed by atoms with Gasteiger partial charge < -0.3 is 10.2 Å². The lowest BCUT2D eigenvalue weighted by Crippen LogP contribution is -2.55. The van der Waals surface area contributed by atoms with E-state index in [1.807, 2.05) is 0 Å². The van der Waals surface area contributed by atoms with Crippen LogP contribution in [0.2, 0.25) is 0 Å². The molecule has 4 aliphatic carbocycles. The summed E-state index contributed by atoms with van der Waals surface area (Å²) in [5.74, 6) is 2.74. The quantitative estimate of drug-likeness (QED) is 0.772. The second-order valence-electron chi connectivity index (χ2n) is 8.71. The third-order valence-corrected chi connectivity index (χ3v) is 8.08. The Morgan fingerprint density at radius 2 is 1.90 bits per heavy atom. The molecule has 2 heteroatoms. The minimum absolute atomic E-state index is 0.0427. The molecule has 2 N–H and O–H groups in total. The number of hydrogen-bond donors (Lipinski definition) is 2. The highest BCUT2D eigenvalue weighted by Crippen LogP contribution is 2.70. The van der Waals surface area contributed by atoms with E-state index in [-0.39, 0.29) is 6.10 Å². The lowest BCUT2D eigenvalue weighted by atomic mass is 9.44. The standard InChI is InChI=1S/C18H30O2/c1-17-7-2-3-15(20)14(17)6-8-18-9-12(4-5-16(17)18)13(10-18)11-19/h12-16,19-20H,2-11H2,1H3/t12-,13-,14-,15-,16+,17-,18+/m1/s1. The van der Waals surface area contributed by atoms with Gasteiger partial charge in [0.25, 0.3) is 0 Å². The van der Waals surface area contributed by atoms with Crippen molar-refractivity contribution in [3.63, 3.8) is 0 Å². The Hall–Kier alpha value is -0.0800. The van der Waals surface area contributed by atoms with Crippen LogP contribution in [0, 0.1) is 34.5 Å². The highest BCUT2D eigenvalue weighted by molar-refractivity contribution is 5.12. The molecule has 0 radical (unpaired) electrons. The van der Waals surface area contributed by atoms with Crippen LogP contribution in [0.25, 0.3) is 0 Å². The van der Waals surface area contributed by atoms with Crippen LogP contribution in [-0.4, -0.2) is 22.9 Å². The molecule has 0 amide bonds. The summed E-state index contributed by atoms with van der Waals surface area (Å²) < 4.78 is 0. The van der Waals surface area contributed by atoms with Crippen LogP contribution in [0.5, 0.6) is 0 Å². The van der Waals surface area contributed by atoms with E-state index in [0.29, 0.717) is 29.3 Å². The summed E-state index contributed by atoms with van der Waals surface area (Å²) in [6.45, 7) is 2.90. The van der Waals surface area contributed by atoms with Gasteiger partial charge in [-0.2, -0.15) is 0 Å². The summed E-state index contributed by atoms with van der Waals surface area (Å²) in [4.78, 5) is 0. The van der Waals surface area contributed by atoms with E-state index in [4.69, 9.17) is 0 Å². The SMILES string of the molecule is C[C@@]12CCC[C@@H](O)[C@H]1CC[C@@]13C[C@@H](CC[C@H]12)[C@@H](CO)C3. The van der Waals surface area contributed by atoms with Crippen LogP contribution in [0.15, 0.2) is 0 Å². The molecule has 0 aromatic carbocycles. The predicted molar refractivity (Wildman–Crippen MR) is 79.1 cm³/mol. The highest BCUT2D eigenvalue weighted by Gasteiger charge is 2.62. The van der Waals surface area contributed by atoms with Crippen molar-refractivity contribution < 1.29 is 10.2 Å². The van der Waals surface area contributed by atoms with Crippen LogP contribution in [0.1, 0.15) is 64.7 Å². The maximum absolute atomic E-state index is 10.5. The molecule has 4 rings (SSSR count). The molecule has 4 saturated carbocycles. The van der Waals surface area contributed by atoms with Gasteiger partial charge in [0.1, 0.15) is 0 Å². The number of fused-ring (bicyclic) bond motifs is 3. The van der Waals surface area contributed by atoms with Gasteiger partial charge in [-0.3, -0.25) is 0 Å². The van der Waals surface area contributed by atoms with Crippen molar-refractivity contribution in [2.45, 2.75) is 70.8 Å². The maximum atomic E-state index is 10.5. The van der Waals surface area contributed by atoms with Gasteiger partial charge in [-0.15, -0.1) is 0 Å². The van der Waals surface area contributed by atoms with Gasteiger partial charge in [0, 0.05) is 6.61 Å². The Balaban J connectivity index is 1.68. The van der Waals surface area contributed by atoms with E-state index in [1.165, 1.54) is 51.4 Å². The first kappa shape index (κ1) is 13.6. The van der Waals surface area contributed by atoms with Gasteiger partial charge in [0.05, 0.1) is 6.10 Å². The van der Waals surface area contributed by atoms with Crippen molar-refractivity contribution in [2.75, 3.05) is 6.61 Å². The summed E-state index contributed by atoms with van der Waals surface area (Å²) in [5.41, 5.74) is 0.907. The summed E-state index contributed by atoms with van der Waals surface area (Å²) in [6, 6.07) is 0. The van der Waals surface area contributed by atoms with Crippen LogP contribution < -0.4 is 0 Å². The first-order chi connectivity index (χ1) is 9.59. The molecule has 7 atom stereocenters. The first-order valence-electron chi connectivity index (χ1n) is 8.88. The molecule has 0 heterocycles. The van der Waals surface area contributed by atoms with Crippen LogP contribution in [0.4, 0.5) is 0 Å². The van der Waals surface area contributed by atoms with Crippen molar-refractivity contribution in [1.82, 2.24) is 0 Å². The molecule has 0 saturated heterocycles. The van der Waals surface area contributed by atoms with Crippen LogP contribution in [0.3, 0.4) is 0 Å². The van der Waals surface area contributed by atoms with Crippen molar-refractivity contribution in [3.05, 3.63) is 0 Å². The maximum Gasteiger partial charge on any atom is 0.0573 e. The van der Waals surface area contributed by atoms with Crippen molar-refractivity contribution in [2.24, 2.45) is 34.5 Å². The fraction of sp³-hybridized carbons (Fsp3) is 1.00. The molecule has 0 aromatic rings. The zero-order chi connectivity index (χ0) is 14.0. The van der Waals surface area contributed by atoms with E-state index in [2.05, 4.69) is 6.92 Å². The topological polar surface area (TPSA) is 40.5 Å². The monoisotopic (exact) mass is 278 g/mol. The lowest BCUT2D eigenvalue weighted by Gasteiger charge is -2.61. The average molecular weight is 278 g/mol.